The quantitative estimate of drug-likeness (QED) is 0.717. The topological polar surface area (TPSA) is 61.9 Å². The van der Waals surface area contributed by atoms with E-state index in [0.29, 0.717) is 42.9 Å². The number of piperidine rings is 1. The molecular weight excluding hydrogens is 404 g/mol. The summed E-state index contributed by atoms with van der Waals surface area (Å²) in [6.07, 6.45) is 1.29. The number of allylic oxidation sites excluding steroid dienone is 1. The summed E-state index contributed by atoms with van der Waals surface area (Å²) >= 11 is 0. The van der Waals surface area contributed by atoms with E-state index < -0.39 is 12.5 Å². The third-order valence-electron chi connectivity index (χ3n) is 6.56. The molecule has 1 unspecified atom stereocenters. The summed E-state index contributed by atoms with van der Waals surface area (Å²) in [5.41, 5.74) is 2.09. The smallest absolute Gasteiger partial charge is 0.255 e. The van der Waals surface area contributed by atoms with Crippen LogP contribution in [0.25, 0.3) is 0 Å². The summed E-state index contributed by atoms with van der Waals surface area (Å²) in [7, 11) is 0. The number of halogens is 2. The number of likely N-dealkylation sites (N-methyl/N-ethyl adjacent to an activating group) is 1. The van der Waals surface area contributed by atoms with Crippen LogP contribution >= 0.6 is 0 Å². The molecule has 31 heavy (non-hydrogen) atoms. The molecular formula is C23H29F2N3O3. The minimum Gasteiger partial charge on any atom is -0.489 e. The molecule has 2 heterocycles. The van der Waals surface area contributed by atoms with Crippen LogP contribution < -0.4 is 10.1 Å². The summed E-state index contributed by atoms with van der Waals surface area (Å²) in [6, 6.07) is 4.83. The molecule has 3 aliphatic rings. The van der Waals surface area contributed by atoms with Gasteiger partial charge < -0.3 is 15.0 Å². The molecule has 2 amide bonds. The predicted octanol–water partition coefficient (Wildman–Crippen LogP) is 3.32. The lowest BCUT2D eigenvalue weighted by Crippen LogP contribution is -2.49. The van der Waals surface area contributed by atoms with E-state index in [-0.39, 0.29) is 30.5 Å². The number of alkyl halides is 2. The van der Waals surface area contributed by atoms with Crippen molar-refractivity contribution in [3.8, 4) is 5.75 Å². The summed E-state index contributed by atoms with van der Waals surface area (Å²) in [6.45, 7) is 6.35. The van der Waals surface area contributed by atoms with Gasteiger partial charge in [-0.15, -0.1) is 0 Å². The number of rotatable bonds is 7. The molecule has 168 valence electrons. The van der Waals surface area contributed by atoms with Gasteiger partial charge in [-0.3, -0.25) is 14.5 Å². The Morgan fingerprint density at radius 1 is 1.29 bits per heavy atom. The molecule has 0 bridgehead atoms. The Hall–Kier alpha value is -2.48. The van der Waals surface area contributed by atoms with E-state index >= 15 is 0 Å². The minimum atomic E-state index is -2.37. The highest BCUT2D eigenvalue weighted by Gasteiger charge is 2.39. The third kappa shape index (κ3) is 4.44. The third-order valence-corrected chi connectivity index (χ3v) is 6.56. The van der Waals surface area contributed by atoms with Crippen LogP contribution in [0.15, 0.2) is 30.5 Å². The van der Waals surface area contributed by atoms with Gasteiger partial charge in [-0.2, -0.15) is 0 Å². The molecule has 1 saturated heterocycles. The van der Waals surface area contributed by atoms with E-state index in [2.05, 4.69) is 11.9 Å². The van der Waals surface area contributed by atoms with Crippen LogP contribution in [0.4, 0.5) is 8.78 Å². The van der Waals surface area contributed by atoms with Gasteiger partial charge in [0.2, 0.25) is 5.91 Å². The van der Waals surface area contributed by atoms with Gasteiger partial charge in [-0.1, -0.05) is 13.5 Å². The van der Waals surface area contributed by atoms with E-state index in [1.54, 1.807) is 21.9 Å². The highest BCUT2D eigenvalue weighted by molar-refractivity contribution is 6.01. The molecule has 0 radical (unpaired) electrons. The fourth-order valence-corrected chi connectivity index (χ4v) is 5.02. The normalized spacial score (nSPS) is 26.0. The molecule has 1 aromatic rings. The number of amides is 2. The molecule has 6 nitrogen and oxygen atoms in total. The van der Waals surface area contributed by atoms with E-state index in [0.717, 1.165) is 24.8 Å². The first-order valence-electron chi connectivity index (χ1n) is 11.0. The van der Waals surface area contributed by atoms with Crippen molar-refractivity contribution in [1.29, 1.82) is 0 Å². The number of ether oxygens (including phenoxy) is 1. The summed E-state index contributed by atoms with van der Waals surface area (Å²) in [4.78, 5) is 28.6. The van der Waals surface area contributed by atoms with Crippen LogP contribution in [0, 0.1) is 0 Å². The highest BCUT2D eigenvalue weighted by Crippen LogP contribution is 2.33. The van der Waals surface area contributed by atoms with E-state index in [9.17, 15) is 18.4 Å². The van der Waals surface area contributed by atoms with Gasteiger partial charge in [0, 0.05) is 23.8 Å². The second-order valence-electron chi connectivity index (χ2n) is 8.53. The van der Waals surface area contributed by atoms with Crippen molar-refractivity contribution in [2.75, 3.05) is 13.1 Å². The van der Waals surface area contributed by atoms with E-state index in [1.165, 1.54) is 0 Å². The summed E-state index contributed by atoms with van der Waals surface area (Å²) in [5.74, 6) is 0.295. The Bertz CT molecular complexity index is 876. The molecule has 0 aromatic heterocycles. The van der Waals surface area contributed by atoms with Crippen LogP contribution in [0.3, 0.4) is 0 Å². The molecule has 2 aliphatic heterocycles. The van der Waals surface area contributed by atoms with Crippen molar-refractivity contribution in [3.63, 3.8) is 0 Å². The van der Waals surface area contributed by atoms with Gasteiger partial charge in [0.25, 0.3) is 12.3 Å². The number of hydrogen-bond donors (Lipinski definition) is 1. The van der Waals surface area contributed by atoms with Crippen LogP contribution in [0.5, 0.6) is 5.75 Å². The Kier molecular flexibility index (Phi) is 6.27. The van der Waals surface area contributed by atoms with Crippen molar-refractivity contribution in [2.24, 2.45) is 0 Å². The lowest BCUT2D eigenvalue weighted by atomic mass is 10.0. The lowest BCUT2D eigenvalue weighted by molar-refractivity contribution is -0.126. The second kappa shape index (κ2) is 8.94. The maximum absolute atomic E-state index is 13.0. The van der Waals surface area contributed by atoms with Gasteiger partial charge in [0.05, 0.1) is 6.54 Å². The predicted molar refractivity (Wildman–Crippen MR) is 112 cm³/mol. The van der Waals surface area contributed by atoms with Gasteiger partial charge in [-0.05, 0) is 62.4 Å². The number of nitrogens with one attached hydrogen (secondary N) is 1. The zero-order chi connectivity index (χ0) is 22.1. The first-order chi connectivity index (χ1) is 14.9. The Labute approximate surface area is 181 Å². The fourth-order valence-electron chi connectivity index (χ4n) is 5.02. The number of hydrogen-bond acceptors (Lipinski definition) is 4. The maximum atomic E-state index is 13.0. The van der Waals surface area contributed by atoms with Gasteiger partial charge in [0.15, 0.2) is 0 Å². The van der Waals surface area contributed by atoms with E-state index in [1.807, 2.05) is 13.0 Å². The first-order valence-corrected chi connectivity index (χ1v) is 11.0. The Morgan fingerprint density at radius 3 is 2.81 bits per heavy atom. The van der Waals surface area contributed by atoms with Crippen LogP contribution in [0.1, 0.15) is 54.9 Å². The van der Waals surface area contributed by atoms with Gasteiger partial charge in [0.1, 0.15) is 17.9 Å². The van der Waals surface area contributed by atoms with Crippen LogP contribution in [0.2, 0.25) is 0 Å². The molecule has 3 atom stereocenters. The first kappa shape index (κ1) is 21.7. The van der Waals surface area contributed by atoms with Crippen molar-refractivity contribution >= 4 is 11.8 Å². The number of benzene rings is 1. The Balaban J connectivity index is 1.46. The fraction of sp³-hybridized carbons (Fsp3) is 0.565. The number of fused-ring (bicyclic) bond motifs is 1. The molecule has 0 spiro atoms. The SMILES string of the molecule is C=C1CCC(N2Cc3cc(O[C@@H]4CCC[C@H]4N(CC)CC(F)F)ccc3C2=O)C(=O)N1. The van der Waals surface area contributed by atoms with Crippen molar-refractivity contribution in [3.05, 3.63) is 41.6 Å². The van der Waals surface area contributed by atoms with Crippen molar-refractivity contribution in [1.82, 2.24) is 15.1 Å². The average Bonchev–Trinajstić information content (AvgIpc) is 3.30. The zero-order valence-corrected chi connectivity index (χ0v) is 17.8. The van der Waals surface area contributed by atoms with Crippen molar-refractivity contribution in [2.45, 2.75) is 70.2 Å². The van der Waals surface area contributed by atoms with E-state index in [4.69, 9.17) is 4.74 Å². The zero-order valence-electron chi connectivity index (χ0n) is 17.8. The standard InChI is InChI=1S/C23H29F2N3O3/c1-3-27(13-21(24)25)18-5-4-6-20(18)31-16-8-9-17-15(11-16)12-28(23(17)30)19-10-7-14(2)26-22(19)29/h8-9,11,18-21H,2-7,10,12-13H2,1H3,(H,26,29)/t18-,19?,20-/m1/s1. The summed E-state index contributed by atoms with van der Waals surface area (Å²) in [5, 5.41) is 2.74. The molecule has 8 heteroatoms. The lowest BCUT2D eigenvalue weighted by Gasteiger charge is -2.32. The second-order valence-corrected chi connectivity index (χ2v) is 8.53. The Morgan fingerprint density at radius 2 is 2.10 bits per heavy atom. The highest BCUT2D eigenvalue weighted by atomic mass is 19.3. The number of carbonyl (C=O) groups excluding carboxylic acids is 2. The average molecular weight is 433 g/mol. The minimum absolute atomic E-state index is 0.0376. The molecule has 1 aromatic carbocycles. The van der Waals surface area contributed by atoms with Crippen molar-refractivity contribution < 1.29 is 23.1 Å². The molecule has 1 N–H and O–H groups in total. The van der Waals surface area contributed by atoms with Crippen LogP contribution in [-0.2, 0) is 11.3 Å². The molecule has 2 fully saturated rings. The van der Waals surface area contributed by atoms with Crippen LogP contribution in [-0.4, -0.2) is 59.3 Å². The monoisotopic (exact) mass is 433 g/mol. The largest absolute Gasteiger partial charge is 0.489 e. The molecule has 1 saturated carbocycles. The molecule has 1 aliphatic carbocycles. The summed E-state index contributed by atoms with van der Waals surface area (Å²) < 4.78 is 32.1. The number of carbonyl (C=O) groups is 2. The molecule has 4 rings (SSSR count). The van der Waals surface area contributed by atoms with Gasteiger partial charge in [-0.25, -0.2) is 8.78 Å². The van der Waals surface area contributed by atoms with Gasteiger partial charge >= 0.3 is 0 Å². The number of nitrogens with zero attached hydrogens (tertiary/aromatic N) is 2. The maximum Gasteiger partial charge on any atom is 0.255 e.